The molecule has 212 valence electrons. The Kier molecular flexibility index (Phi) is 9.31. The number of halogens is 2. The maximum atomic E-state index is 13.1. The Balaban J connectivity index is 1.52. The highest BCUT2D eigenvalue weighted by atomic mass is 35.5. The summed E-state index contributed by atoms with van der Waals surface area (Å²) in [5.41, 5.74) is 3.34. The first-order valence-electron chi connectivity index (χ1n) is 12.5. The van der Waals surface area contributed by atoms with Gasteiger partial charge in [0, 0.05) is 24.7 Å². The van der Waals surface area contributed by atoms with Crippen LogP contribution in [0.25, 0.3) is 0 Å². The number of para-hydroxylation sites is 1. The molecule has 0 saturated heterocycles. The zero-order valence-electron chi connectivity index (χ0n) is 22.4. The summed E-state index contributed by atoms with van der Waals surface area (Å²) in [5, 5.41) is 2.84. The van der Waals surface area contributed by atoms with Crippen LogP contribution >= 0.6 is 23.2 Å². The van der Waals surface area contributed by atoms with E-state index in [0.717, 1.165) is 11.3 Å². The zero-order chi connectivity index (χ0) is 29.7. The van der Waals surface area contributed by atoms with E-state index in [4.69, 9.17) is 32.7 Å². The number of fused-ring (bicyclic) bond motifs is 1. The third kappa shape index (κ3) is 6.87. The Bertz CT molecular complexity index is 1490. The molecule has 4 rings (SSSR count). The first-order valence-corrected chi connectivity index (χ1v) is 13.3. The van der Waals surface area contributed by atoms with E-state index in [9.17, 15) is 19.2 Å². The van der Waals surface area contributed by atoms with Gasteiger partial charge in [-0.15, -0.1) is 0 Å². The number of amides is 3. The van der Waals surface area contributed by atoms with Crippen LogP contribution in [-0.4, -0.2) is 43.8 Å². The molecular formula is C30H27Cl2N3O6. The van der Waals surface area contributed by atoms with Gasteiger partial charge in [0.15, 0.2) is 0 Å². The molecule has 3 amide bonds. The molecule has 0 saturated carbocycles. The molecule has 0 aromatic heterocycles. The van der Waals surface area contributed by atoms with E-state index in [1.807, 2.05) is 24.3 Å². The van der Waals surface area contributed by atoms with Crippen molar-refractivity contribution in [1.82, 2.24) is 5.32 Å². The number of hydrogen-bond donors (Lipinski definition) is 1. The lowest BCUT2D eigenvalue weighted by atomic mass is 10.0. The molecule has 11 heteroatoms. The fourth-order valence-electron chi connectivity index (χ4n) is 4.25. The molecule has 1 N–H and O–H groups in total. The SMILES string of the molecule is C=C(C)C(=O)OCOC(=O)[C@H](Cc1ccc(N2Cc3ccccc3N(C)C2=O)cc1)NC(=O)c1c(Cl)cccc1Cl. The summed E-state index contributed by atoms with van der Waals surface area (Å²) < 4.78 is 9.96. The molecule has 41 heavy (non-hydrogen) atoms. The fraction of sp³-hybridized carbons (Fsp3) is 0.200. The molecule has 3 aromatic carbocycles. The molecule has 9 nitrogen and oxygen atoms in total. The van der Waals surface area contributed by atoms with Crippen molar-refractivity contribution in [3.05, 3.63) is 106 Å². The number of nitrogens with zero attached hydrogens (tertiary/aromatic N) is 2. The summed E-state index contributed by atoms with van der Waals surface area (Å²) in [4.78, 5) is 53.9. The van der Waals surface area contributed by atoms with Crippen molar-refractivity contribution in [2.45, 2.75) is 25.9 Å². The minimum atomic E-state index is -1.18. The number of carbonyl (C=O) groups is 4. The van der Waals surface area contributed by atoms with Crippen LogP contribution in [0.3, 0.4) is 0 Å². The van der Waals surface area contributed by atoms with Gasteiger partial charge >= 0.3 is 18.0 Å². The molecule has 3 aromatic rings. The molecule has 0 bridgehead atoms. The Morgan fingerprint density at radius 3 is 2.29 bits per heavy atom. The van der Waals surface area contributed by atoms with E-state index in [0.29, 0.717) is 17.8 Å². The Hall–Kier alpha value is -4.34. The number of nitrogens with one attached hydrogen (secondary N) is 1. The fourth-order valence-corrected chi connectivity index (χ4v) is 4.82. The number of urea groups is 1. The third-order valence-electron chi connectivity index (χ3n) is 6.41. The van der Waals surface area contributed by atoms with Gasteiger partial charge in [0.1, 0.15) is 6.04 Å². The Labute approximate surface area is 247 Å². The van der Waals surface area contributed by atoms with E-state index < -0.39 is 30.7 Å². The number of ether oxygens (including phenoxy) is 2. The lowest BCUT2D eigenvalue weighted by Crippen LogP contribution is -2.45. The van der Waals surface area contributed by atoms with Crippen LogP contribution in [0, 0.1) is 0 Å². The van der Waals surface area contributed by atoms with E-state index >= 15 is 0 Å². The highest BCUT2D eigenvalue weighted by molar-refractivity contribution is 6.39. The van der Waals surface area contributed by atoms with Crippen LogP contribution in [0.2, 0.25) is 10.0 Å². The van der Waals surface area contributed by atoms with Gasteiger partial charge in [-0.05, 0) is 48.4 Å². The summed E-state index contributed by atoms with van der Waals surface area (Å²) in [6.07, 6.45) is 0.0258. The molecule has 0 spiro atoms. The van der Waals surface area contributed by atoms with Crippen molar-refractivity contribution in [2.24, 2.45) is 0 Å². The average molecular weight is 596 g/mol. The van der Waals surface area contributed by atoms with E-state index in [2.05, 4.69) is 11.9 Å². The molecule has 0 aliphatic carbocycles. The van der Waals surface area contributed by atoms with E-state index in [-0.39, 0.29) is 33.6 Å². The number of esters is 2. The van der Waals surface area contributed by atoms with Crippen LogP contribution in [0.15, 0.2) is 78.9 Å². The summed E-state index contributed by atoms with van der Waals surface area (Å²) in [6, 6.07) is 17.9. The number of rotatable bonds is 9. The van der Waals surface area contributed by atoms with Crippen LogP contribution in [0.5, 0.6) is 0 Å². The largest absolute Gasteiger partial charge is 0.426 e. The van der Waals surface area contributed by atoms with Crippen LogP contribution in [0.4, 0.5) is 16.2 Å². The topological polar surface area (TPSA) is 105 Å². The van der Waals surface area contributed by atoms with Gasteiger partial charge in [0.05, 0.1) is 27.8 Å². The molecule has 1 heterocycles. The van der Waals surface area contributed by atoms with Gasteiger partial charge in [-0.2, -0.15) is 0 Å². The van der Waals surface area contributed by atoms with Gasteiger partial charge in [-0.3, -0.25) is 14.6 Å². The Morgan fingerprint density at radius 1 is 0.976 bits per heavy atom. The maximum absolute atomic E-state index is 13.1. The number of carbonyl (C=O) groups excluding carboxylic acids is 4. The molecular weight excluding hydrogens is 569 g/mol. The van der Waals surface area contributed by atoms with Gasteiger partial charge < -0.3 is 14.8 Å². The average Bonchev–Trinajstić information content (AvgIpc) is 2.94. The van der Waals surface area contributed by atoms with Gasteiger partial charge in [-0.25, -0.2) is 14.4 Å². The summed E-state index contributed by atoms with van der Waals surface area (Å²) in [7, 11) is 1.72. The second-order valence-corrected chi connectivity index (χ2v) is 10.2. The lowest BCUT2D eigenvalue weighted by Gasteiger charge is -2.35. The van der Waals surface area contributed by atoms with Crippen LogP contribution in [-0.2, 0) is 32.0 Å². The van der Waals surface area contributed by atoms with Crippen LogP contribution in [0.1, 0.15) is 28.4 Å². The molecule has 0 unspecified atom stereocenters. The highest BCUT2D eigenvalue weighted by Crippen LogP contribution is 2.31. The maximum Gasteiger partial charge on any atom is 0.335 e. The standard InChI is InChI=1S/C30H27Cl2N3O6/c1-18(2)28(37)40-17-41-29(38)24(33-27(36)26-22(31)8-6-9-23(26)32)15-19-11-13-21(14-12-19)35-16-20-7-4-5-10-25(20)34(3)30(35)39/h4-14,24H,1,15-17H2,2-3H3,(H,33,36)/t24-/m0/s1. The van der Waals surface area contributed by atoms with E-state index in [1.165, 1.54) is 19.1 Å². The molecule has 1 aliphatic heterocycles. The van der Waals surface area contributed by atoms with E-state index in [1.54, 1.807) is 47.2 Å². The smallest absolute Gasteiger partial charge is 0.335 e. The Morgan fingerprint density at radius 2 is 1.63 bits per heavy atom. The van der Waals surface area contributed by atoms with Gasteiger partial charge in [0.2, 0.25) is 6.79 Å². The van der Waals surface area contributed by atoms with Crippen molar-refractivity contribution < 1.29 is 28.7 Å². The quantitative estimate of drug-likeness (QED) is 0.198. The normalized spacial score (nSPS) is 13.2. The monoisotopic (exact) mass is 595 g/mol. The summed E-state index contributed by atoms with van der Waals surface area (Å²) >= 11 is 12.4. The van der Waals surface area contributed by atoms with Crippen molar-refractivity contribution in [3.63, 3.8) is 0 Å². The van der Waals surface area contributed by atoms with Gasteiger partial charge in [-0.1, -0.05) is 66.2 Å². The summed E-state index contributed by atoms with van der Waals surface area (Å²) in [5.74, 6) is -2.25. The molecule has 0 radical (unpaired) electrons. The minimum absolute atomic E-state index is 0.00528. The number of hydrogen-bond acceptors (Lipinski definition) is 6. The minimum Gasteiger partial charge on any atom is -0.426 e. The number of benzene rings is 3. The predicted molar refractivity (Wildman–Crippen MR) is 156 cm³/mol. The van der Waals surface area contributed by atoms with Crippen LogP contribution < -0.4 is 15.1 Å². The third-order valence-corrected chi connectivity index (χ3v) is 7.04. The summed E-state index contributed by atoms with van der Waals surface area (Å²) in [6.45, 7) is 4.68. The molecule has 0 fully saturated rings. The van der Waals surface area contributed by atoms with Crippen molar-refractivity contribution >= 4 is 58.5 Å². The second-order valence-electron chi connectivity index (χ2n) is 9.34. The molecule has 1 aliphatic rings. The van der Waals surface area contributed by atoms with Crippen molar-refractivity contribution in [3.8, 4) is 0 Å². The van der Waals surface area contributed by atoms with Crippen molar-refractivity contribution in [1.29, 1.82) is 0 Å². The molecule has 1 atom stereocenters. The predicted octanol–water partition coefficient (Wildman–Crippen LogP) is 5.53. The lowest BCUT2D eigenvalue weighted by molar-refractivity contribution is -0.166. The first kappa shape index (κ1) is 29.6. The van der Waals surface area contributed by atoms with Gasteiger partial charge in [0.25, 0.3) is 5.91 Å². The van der Waals surface area contributed by atoms with Crippen molar-refractivity contribution in [2.75, 3.05) is 23.6 Å². The second kappa shape index (κ2) is 12.9. The first-order chi connectivity index (χ1) is 19.6. The zero-order valence-corrected chi connectivity index (χ0v) is 23.9. The number of anilines is 2. The highest BCUT2D eigenvalue weighted by Gasteiger charge is 2.29.